The van der Waals surface area contributed by atoms with E-state index < -0.39 is 0 Å². The zero-order chi connectivity index (χ0) is 15.5. The van der Waals surface area contributed by atoms with Crippen LogP contribution >= 0.6 is 0 Å². The van der Waals surface area contributed by atoms with E-state index in [1.54, 1.807) is 0 Å². The Bertz CT molecular complexity index is 493. The van der Waals surface area contributed by atoms with Gasteiger partial charge in [0.15, 0.2) is 0 Å². The number of benzene rings is 1. The molecule has 1 unspecified atom stereocenters. The van der Waals surface area contributed by atoms with E-state index in [0.29, 0.717) is 12.6 Å². The molecule has 1 aliphatic heterocycles. The third-order valence-corrected chi connectivity index (χ3v) is 3.77. The number of carbonyl (C=O) groups is 1. The van der Waals surface area contributed by atoms with Crippen LogP contribution in [0.1, 0.15) is 45.2 Å². The quantitative estimate of drug-likeness (QED) is 0.898. The van der Waals surface area contributed by atoms with Crippen molar-refractivity contribution >= 4 is 11.6 Å². The second-order valence-corrected chi connectivity index (χ2v) is 6.76. The maximum absolute atomic E-state index is 12.2. The van der Waals surface area contributed by atoms with Crippen molar-refractivity contribution in [1.29, 1.82) is 0 Å². The summed E-state index contributed by atoms with van der Waals surface area (Å²) in [4.78, 5) is 14.4. The van der Waals surface area contributed by atoms with Crippen molar-refractivity contribution < 1.29 is 4.79 Å². The van der Waals surface area contributed by atoms with E-state index in [0.717, 1.165) is 19.4 Å². The molecule has 1 amide bonds. The van der Waals surface area contributed by atoms with Crippen LogP contribution in [-0.2, 0) is 4.79 Å². The van der Waals surface area contributed by atoms with Crippen LogP contribution in [0, 0.1) is 0 Å². The summed E-state index contributed by atoms with van der Waals surface area (Å²) in [5.41, 5.74) is 2.29. The largest absolute Gasteiger partial charge is 0.362 e. The fourth-order valence-corrected chi connectivity index (χ4v) is 2.93. The summed E-state index contributed by atoms with van der Waals surface area (Å²) in [7, 11) is 2.00. The number of nitrogens with one attached hydrogen (secondary N) is 2. The summed E-state index contributed by atoms with van der Waals surface area (Å²) in [5, 5.41) is 6.43. The van der Waals surface area contributed by atoms with Gasteiger partial charge in [0, 0.05) is 23.8 Å². The molecule has 0 fully saturated rings. The van der Waals surface area contributed by atoms with Gasteiger partial charge in [-0.3, -0.25) is 4.79 Å². The molecule has 0 aliphatic carbocycles. The van der Waals surface area contributed by atoms with Gasteiger partial charge in [-0.2, -0.15) is 0 Å². The number of hydrogen-bond acceptors (Lipinski definition) is 3. The average Bonchev–Trinajstić information content (AvgIpc) is 2.56. The van der Waals surface area contributed by atoms with Crippen LogP contribution in [0.2, 0.25) is 0 Å². The van der Waals surface area contributed by atoms with E-state index in [1.807, 2.05) is 33.9 Å². The van der Waals surface area contributed by atoms with Crippen LogP contribution in [-0.4, -0.2) is 31.6 Å². The minimum atomic E-state index is -0.185. The van der Waals surface area contributed by atoms with Gasteiger partial charge in [-0.05, 0) is 52.3 Å². The van der Waals surface area contributed by atoms with Gasteiger partial charge in [-0.25, -0.2) is 0 Å². The van der Waals surface area contributed by atoms with Crippen molar-refractivity contribution in [2.24, 2.45) is 0 Å². The molecule has 4 nitrogen and oxygen atoms in total. The lowest BCUT2D eigenvalue weighted by Crippen LogP contribution is -2.46. The van der Waals surface area contributed by atoms with Gasteiger partial charge >= 0.3 is 0 Å². The van der Waals surface area contributed by atoms with Gasteiger partial charge in [0.05, 0.1) is 6.54 Å². The van der Waals surface area contributed by atoms with Crippen molar-refractivity contribution in [2.45, 2.75) is 45.2 Å². The zero-order valence-corrected chi connectivity index (χ0v) is 13.6. The Kier molecular flexibility index (Phi) is 4.88. The number of fused-ring (bicyclic) bond motifs is 1. The van der Waals surface area contributed by atoms with Crippen LogP contribution in [0.4, 0.5) is 5.69 Å². The van der Waals surface area contributed by atoms with Gasteiger partial charge in [0.25, 0.3) is 0 Å². The van der Waals surface area contributed by atoms with E-state index in [-0.39, 0.29) is 11.4 Å². The first-order valence-corrected chi connectivity index (χ1v) is 7.73. The van der Waals surface area contributed by atoms with Crippen LogP contribution in [0.25, 0.3) is 0 Å². The number of rotatable bonds is 3. The molecule has 2 N–H and O–H groups in total. The van der Waals surface area contributed by atoms with E-state index in [9.17, 15) is 4.79 Å². The smallest absolute Gasteiger partial charge is 0.239 e. The van der Waals surface area contributed by atoms with Crippen molar-refractivity contribution in [3.8, 4) is 0 Å². The van der Waals surface area contributed by atoms with Crippen molar-refractivity contribution in [3.63, 3.8) is 0 Å². The SMILES string of the molecule is CNC1CCCN(CC(=O)NC(C)(C)C)c2ccccc21. The monoisotopic (exact) mass is 289 g/mol. The highest BCUT2D eigenvalue weighted by molar-refractivity contribution is 5.82. The van der Waals surface area contributed by atoms with Crippen LogP contribution in [0.5, 0.6) is 0 Å². The van der Waals surface area contributed by atoms with Crippen molar-refractivity contribution in [3.05, 3.63) is 29.8 Å². The zero-order valence-electron chi connectivity index (χ0n) is 13.6. The summed E-state index contributed by atoms with van der Waals surface area (Å²) in [6.07, 6.45) is 2.19. The maximum Gasteiger partial charge on any atom is 0.239 e. The molecular weight excluding hydrogens is 262 g/mol. The lowest BCUT2D eigenvalue weighted by atomic mass is 10.0. The Morgan fingerprint density at radius 1 is 1.33 bits per heavy atom. The molecule has 21 heavy (non-hydrogen) atoms. The lowest BCUT2D eigenvalue weighted by Gasteiger charge is -2.27. The summed E-state index contributed by atoms with van der Waals surface area (Å²) in [5.74, 6) is 0.0835. The van der Waals surface area contributed by atoms with Crippen LogP contribution < -0.4 is 15.5 Å². The first kappa shape index (κ1) is 15.8. The van der Waals surface area contributed by atoms with Crippen LogP contribution in [0.15, 0.2) is 24.3 Å². The number of amides is 1. The van der Waals surface area contributed by atoms with Gasteiger partial charge in [-0.1, -0.05) is 18.2 Å². The summed E-state index contributed by atoms with van der Waals surface area (Å²) < 4.78 is 0. The highest BCUT2D eigenvalue weighted by Crippen LogP contribution is 2.32. The van der Waals surface area contributed by atoms with Crippen LogP contribution in [0.3, 0.4) is 0 Å². The topological polar surface area (TPSA) is 44.4 Å². The van der Waals surface area contributed by atoms with E-state index in [1.165, 1.54) is 11.3 Å². The Balaban J connectivity index is 2.18. The number of para-hydroxylation sites is 1. The molecule has 0 bridgehead atoms. The Hall–Kier alpha value is -1.55. The number of nitrogens with zero attached hydrogens (tertiary/aromatic N) is 1. The Morgan fingerprint density at radius 2 is 2.05 bits per heavy atom. The molecule has 0 saturated carbocycles. The molecule has 1 heterocycles. The third kappa shape index (κ3) is 4.21. The standard InChI is InChI=1S/C17H27N3O/c1-17(2,3)19-16(21)12-20-11-7-9-14(18-4)13-8-5-6-10-15(13)20/h5-6,8,10,14,18H,7,9,11-12H2,1-4H3,(H,19,21). The molecule has 1 atom stereocenters. The Labute approximate surface area is 127 Å². The fraction of sp³-hybridized carbons (Fsp3) is 0.588. The summed E-state index contributed by atoms with van der Waals surface area (Å²) >= 11 is 0. The van der Waals surface area contributed by atoms with Gasteiger partial charge < -0.3 is 15.5 Å². The summed E-state index contributed by atoms with van der Waals surface area (Å²) in [6, 6.07) is 8.77. The molecule has 1 aromatic rings. The first-order valence-electron chi connectivity index (χ1n) is 7.73. The molecule has 0 spiro atoms. The molecule has 2 rings (SSSR count). The molecular formula is C17H27N3O. The number of carbonyl (C=O) groups excluding carboxylic acids is 1. The Morgan fingerprint density at radius 3 is 2.71 bits per heavy atom. The molecule has 0 aromatic heterocycles. The predicted octanol–water partition coefficient (Wildman–Crippen LogP) is 2.46. The van der Waals surface area contributed by atoms with Crippen molar-refractivity contribution in [2.75, 3.05) is 25.0 Å². The van der Waals surface area contributed by atoms with Gasteiger partial charge in [0.1, 0.15) is 0 Å². The highest BCUT2D eigenvalue weighted by Gasteiger charge is 2.23. The second kappa shape index (κ2) is 6.48. The van der Waals surface area contributed by atoms with Crippen molar-refractivity contribution in [1.82, 2.24) is 10.6 Å². The molecule has 1 aromatic carbocycles. The highest BCUT2D eigenvalue weighted by atomic mass is 16.2. The molecule has 4 heteroatoms. The molecule has 0 saturated heterocycles. The maximum atomic E-state index is 12.2. The summed E-state index contributed by atoms with van der Waals surface area (Å²) in [6.45, 7) is 7.38. The van der Waals surface area contributed by atoms with E-state index in [2.05, 4.69) is 33.7 Å². The third-order valence-electron chi connectivity index (χ3n) is 3.77. The van der Waals surface area contributed by atoms with Gasteiger partial charge in [-0.15, -0.1) is 0 Å². The molecule has 0 radical (unpaired) electrons. The fourth-order valence-electron chi connectivity index (χ4n) is 2.93. The van der Waals surface area contributed by atoms with E-state index >= 15 is 0 Å². The normalized spacial score (nSPS) is 18.9. The predicted molar refractivity (Wildman–Crippen MR) is 87.6 cm³/mol. The number of hydrogen-bond donors (Lipinski definition) is 2. The second-order valence-electron chi connectivity index (χ2n) is 6.76. The molecule has 1 aliphatic rings. The lowest BCUT2D eigenvalue weighted by molar-refractivity contribution is -0.121. The average molecular weight is 289 g/mol. The first-order chi connectivity index (χ1) is 9.90. The minimum absolute atomic E-state index is 0.0835. The van der Waals surface area contributed by atoms with E-state index in [4.69, 9.17) is 0 Å². The number of anilines is 1. The minimum Gasteiger partial charge on any atom is -0.362 e. The van der Waals surface area contributed by atoms with Gasteiger partial charge in [0.2, 0.25) is 5.91 Å². The molecule has 116 valence electrons.